The van der Waals surface area contributed by atoms with Gasteiger partial charge < -0.3 is 14.5 Å². The van der Waals surface area contributed by atoms with Gasteiger partial charge in [-0.25, -0.2) is 8.78 Å². The minimum Gasteiger partial charge on any atom is -0.493 e. The van der Waals surface area contributed by atoms with E-state index < -0.39 is 11.6 Å². The molecule has 0 aliphatic carbocycles. The number of pyridine rings is 1. The van der Waals surface area contributed by atoms with E-state index in [1.54, 1.807) is 32.7 Å². The molecule has 6 rings (SSSR count). The fourth-order valence-corrected chi connectivity index (χ4v) is 5.89. The van der Waals surface area contributed by atoms with E-state index in [0.29, 0.717) is 17.5 Å². The first-order chi connectivity index (χ1) is 18.6. The summed E-state index contributed by atoms with van der Waals surface area (Å²) in [6.45, 7) is 1.95. The molecular weight excluding hydrogens is 484 g/mol. The molecule has 194 valence electrons. The van der Waals surface area contributed by atoms with Crippen LogP contribution in [-0.2, 0) is 0 Å². The highest BCUT2D eigenvalue weighted by Crippen LogP contribution is 2.43. The van der Waals surface area contributed by atoms with Crippen LogP contribution in [0.1, 0.15) is 29.9 Å². The summed E-state index contributed by atoms with van der Waals surface area (Å²) in [5, 5.41) is 0. The van der Waals surface area contributed by atoms with Crippen molar-refractivity contribution >= 4 is 5.57 Å². The van der Waals surface area contributed by atoms with Crippen molar-refractivity contribution in [3.05, 3.63) is 96.0 Å². The number of ether oxygens (including phenoxy) is 2. The van der Waals surface area contributed by atoms with Crippen LogP contribution in [0.3, 0.4) is 0 Å². The summed E-state index contributed by atoms with van der Waals surface area (Å²) in [4.78, 5) is 10.1. The molecule has 0 bridgehead atoms. The number of hydrogen-bond acceptors (Lipinski definition) is 4. The Morgan fingerprint density at radius 3 is 2.50 bits per heavy atom. The maximum Gasteiger partial charge on any atom is 0.160 e. The number of nitrogens with zero attached hydrogens (tertiary/aromatic N) is 2. The smallest absolute Gasteiger partial charge is 0.160 e. The minimum atomic E-state index is -0.862. The van der Waals surface area contributed by atoms with E-state index in [9.17, 15) is 8.78 Å². The van der Waals surface area contributed by atoms with E-state index in [1.165, 1.54) is 23.3 Å². The Morgan fingerprint density at radius 2 is 1.74 bits per heavy atom. The molecule has 1 saturated heterocycles. The molecule has 0 saturated carbocycles. The maximum absolute atomic E-state index is 14.1. The molecule has 0 unspecified atom stereocenters. The molecule has 0 spiro atoms. The monoisotopic (exact) mass is 513 g/mol. The van der Waals surface area contributed by atoms with Crippen molar-refractivity contribution in [1.82, 2.24) is 14.9 Å². The molecule has 2 aliphatic rings. The zero-order valence-corrected chi connectivity index (χ0v) is 21.4. The maximum atomic E-state index is 14.1. The number of aromatic amines is 1. The van der Waals surface area contributed by atoms with Crippen LogP contribution >= 0.6 is 0 Å². The van der Waals surface area contributed by atoms with Gasteiger partial charge in [-0.05, 0) is 77.9 Å². The van der Waals surface area contributed by atoms with Crippen LogP contribution in [0.2, 0.25) is 0 Å². The molecule has 1 fully saturated rings. The number of nitrogens with one attached hydrogen (secondary N) is 1. The minimum absolute atomic E-state index is 0.323. The lowest BCUT2D eigenvalue weighted by molar-refractivity contribution is 0.286. The van der Waals surface area contributed by atoms with Crippen LogP contribution < -0.4 is 9.47 Å². The summed E-state index contributed by atoms with van der Waals surface area (Å²) in [5.41, 5.74) is 6.94. The van der Waals surface area contributed by atoms with Crippen molar-refractivity contribution in [2.75, 3.05) is 27.3 Å². The first kappa shape index (κ1) is 24.4. The molecule has 7 heteroatoms. The molecule has 1 N–H and O–H groups in total. The molecule has 0 amide bonds. The zero-order chi connectivity index (χ0) is 26.2. The lowest BCUT2D eigenvalue weighted by atomic mass is 9.90. The van der Waals surface area contributed by atoms with Gasteiger partial charge in [0.2, 0.25) is 0 Å². The van der Waals surface area contributed by atoms with Crippen molar-refractivity contribution in [3.63, 3.8) is 0 Å². The third-order valence-corrected chi connectivity index (χ3v) is 7.79. The first-order valence-electron chi connectivity index (χ1n) is 12.8. The molecule has 0 radical (unpaired) electrons. The standard InChI is InChI=1S/C31H29F2N3O2/c1-37-28-6-4-20(16-29(28)38-2)23-14-24-13-21(9-12-36(24)18-23)25-17-35-31(22-3-5-26(32)27(33)15-22)30(25)19-7-10-34-11-8-19/h3-8,10-11,13,15-17,23-24,35H,9,12,14,18H2,1-2H3/t23-,24-/m1/s1. The van der Waals surface area contributed by atoms with E-state index in [1.807, 2.05) is 24.4 Å². The van der Waals surface area contributed by atoms with Crippen LogP contribution in [-0.4, -0.2) is 48.2 Å². The normalized spacial score (nSPS) is 19.2. The van der Waals surface area contributed by atoms with Gasteiger partial charge in [0, 0.05) is 54.4 Å². The average molecular weight is 514 g/mol. The molecular formula is C31H29F2N3O2. The molecule has 5 nitrogen and oxygen atoms in total. The van der Waals surface area contributed by atoms with Gasteiger partial charge in [-0.15, -0.1) is 0 Å². The summed E-state index contributed by atoms with van der Waals surface area (Å²) in [6, 6.07) is 14.5. The van der Waals surface area contributed by atoms with Crippen LogP contribution in [0.15, 0.2) is 73.2 Å². The van der Waals surface area contributed by atoms with Gasteiger partial charge in [0.05, 0.1) is 19.9 Å². The summed E-state index contributed by atoms with van der Waals surface area (Å²) >= 11 is 0. The molecule has 2 aliphatic heterocycles. The van der Waals surface area contributed by atoms with Gasteiger partial charge in [0.1, 0.15) is 0 Å². The topological polar surface area (TPSA) is 50.4 Å². The van der Waals surface area contributed by atoms with Crippen LogP contribution in [0.5, 0.6) is 11.5 Å². The lowest BCUT2D eigenvalue weighted by Gasteiger charge is -2.28. The number of halogens is 2. The Bertz CT molecular complexity index is 1500. The van der Waals surface area contributed by atoms with E-state index in [-0.39, 0.29) is 0 Å². The molecule has 38 heavy (non-hydrogen) atoms. The molecule has 2 aromatic heterocycles. The Kier molecular flexibility index (Phi) is 6.45. The Hall–Kier alpha value is -3.97. The van der Waals surface area contributed by atoms with E-state index in [4.69, 9.17) is 9.47 Å². The largest absolute Gasteiger partial charge is 0.493 e. The van der Waals surface area contributed by atoms with Crippen LogP contribution in [0.4, 0.5) is 8.78 Å². The fraction of sp³-hybridized carbons (Fsp3) is 0.258. The fourth-order valence-electron chi connectivity index (χ4n) is 5.89. The van der Waals surface area contributed by atoms with Crippen LogP contribution in [0.25, 0.3) is 28.0 Å². The van der Waals surface area contributed by atoms with E-state index in [0.717, 1.165) is 59.8 Å². The van der Waals surface area contributed by atoms with Crippen molar-refractivity contribution in [2.24, 2.45) is 0 Å². The number of fused-ring (bicyclic) bond motifs is 1. The van der Waals surface area contributed by atoms with Gasteiger partial charge in [0.15, 0.2) is 23.1 Å². The zero-order valence-electron chi connectivity index (χ0n) is 21.4. The SMILES string of the molecule is COc1ccc([C@@H]2C[C@H]3C=C(c4c[nH]c(-c5ccc(F)c(F)c5)c4-c4ccncc4)CCN3C2)cc1OC. The van der Waals surface area contributed by atoms with Gasteiger partial charge in [0.25, 0.3) is 0 Å². The number of hydrogen-bond donors (Lipinski definition) is 1. The molecule has 4 heterocycles. The van der Waals surface area contributed by atoms with Crippen molar-refractivity contribution in [1.29, 1.82) is 0 Å². The third-order valence-electron chi connectivity index (χ3n) is 7.79. The Morgan fingerprint density at radius 1 is 0.921 bits per heavy atom. The summed E-state index contributed by atoms with van der Waals surface area (Å²) in [5.74, 6) is 0.177. The summed E-state index contributed by atoms with van der Waals surface area (Å²) in [6.07, 6.45) is 9.81. The second-order valence-corrected chi connectivity index (χ2v) is 9.87. The van der Waals surface area contributed by atoms with Gasteiger partial charge in [-0.3, -0.25) is 9.88 Å². The lowest BCUT2D eigenvalue weighted by Crippen LogP contribution is -2.32. The summed E-state index contributed by atoms with van der Waals surface area (Å²) in [7, 11) is 3.32. The molecule has 2 atom stereocenters. The second kappa shape index (κ2) is 10.1. The van der Waals surface area contributed by atoms with Gasteiger partial charge >= 0.3 is 0 Å². The van der Waals surface area contributed by atoms with Crippen molar-refractivity contribution in [3.8, 4) is 33.9 Å². The van der Waals surface area contributed by atoms with Gasteiger partial charge in [-0.2, -0.15) is 0 Å². The number of aromatic nitrogens is 2. The quantitative estimate of drug-likeness (QED) is 0.312. The Balaban J connectivity index is 1.35. The highest BCUT2D eigenvalue weighted by molar-refractivity contribution is 5.91. The molecule has 2 aromatic carbocycles. The third kappa shape index (κ3) is 4.37. The number of H-pyrrole nitrogens is 1. The highest BCUT2D eigenvalue weighted by atomic mass is 19.2. The van der Waals surface area contributed by atoms with Gasteiger partial charge in [-0.1, -0.05) is 12.1 Å². The predicted octanol–water partition coefficient (Wildman–Crippen LogP) is 6.68. The number of rotatable bonds is 6. The van der Waals surface area contributed by atoms with Crippen molar-refractivity contribution in [2.45, 2.75) is 24.8 Å². The highest BCUT2D eigenvalue weighted by Gasteiger charge is 2.35. The van der Waals surface area contributed by atoms with E-state index in [2.05, 4.69) is 33.1 Å². The van der Waals surface area contributed by atoms with Crippen LogP contribution in [0, 0.1) is 11.6 Å². The van der Waals surface area contributed by atoms with E-state index >= 15 is 0 Å². The molecule has 4 aromatic rings. The number of methoxy groups -OCH3 is 2. The number of benzene rings is 2. The Labute approximate surface area is 220 Å². The average Bonchev–Trinajstić information content (AvgIpc) is 3.59. The second-order valence-electron chi connectivity index (χ2n) is 9.87. The summed E-state index contributed by atoms with van der Waals surface area (Å²) < 4.78 is 38.8. The predicted molar refractivity (Wildman–Crippen MR) is 144 cm³/mol. The van der Waals surface area contributed by atoms with Crippen molar-refractivity contribution < 1.29 is 18.3 Å². The first-order valence-corrected chi connectivity index (χ1v) is 12.8.